The van der Waals surface area contributed by atoms with Crippen molar-refractivity contribution in [2.75, 3.05) is 0 Å². The molecule has 0 unspecified atom stereocenters. The molecule has 0 saturated heterocycles. The van der Waals surface area contributed by atoms with Crippen LogP contribution in [0.3, 0.4) is 0 Å². The summed E-state index contributed by atoms with van der Waals surface area (Å²) >= 11 is 12.1. The predicted molar refractivity (Wildman–Crippen MR) is 139 cm³/mol. The van der Waals surface area contributed by atoms with Crippen molar-refractivity contribution in [3.8, 4) is 5.75 Å². The van der Waals surface area contributed by atoms with Crippen LogP contribution in [0.2, 0.25) is 10.0 Å². The van der Waals surface area contributed by atoms with Gasteiger partial charge in [-0.3, -0.25) is 4.55 Å². The Kier molecular flexibility index (Phi) is 9.12. The molecule has 0 atom stereocenters. The van der Waals surface area contributed by atoms with Gasteiger partial charge in [0.2, 0.25) is 0 Å². The first-order valence-electron chi connectivity index (χ1n) is 10.5. The van der Waals surface area contributed by atoms with Crippen LogP contribution in [0.15, 0.2) is 96.9 Å². The summed E-state index contributed by atoms with van der Waals surface area (Å²) in [6, 6.07) is 19.2. The Hall–Kier alpha value is -3.10. The fourth-order valence-electron chi connectivity index (χ4n) is 3.07. The fraction of sp³-hybridized carbons (Fsp3) is 0.115. The number of rotatable bonds is 7. The summed E-state index contributed by atoms with van der Waals surface area (Å²) in [6.07, 6.45) is 5.42. The minimum Gasteiger partial charge on any atom is -0.488 e. The van der Waals surface area contributed by atoms with E-state index in [0.29, 0.717) is 23.2 Å². The third-order valence-electron chi connectivity index (χ3n) is 4.92. The molecule has 1 N–H and O–H groups in total. The maximum absolute atomic E-state index is 10.5. The van der Waals surface area contributed by atoms with Crippen molar-refractivity contribution in [2.45, 2.75) is 25.0 Å². The number of ether oxygens (including phenoxy) is 1. The Morgan fingerprint density at radius 2 is 1.80 bits per heavy atom. The number of imidazole rings is 1. The van der Waals surface area contributed by atoms with Crippen molar-refractivity contribution in [3.05, 3.63) is 119 Å². The summed E-state index contributed by atoms with van der Waals surface area (Å²) in [5, 5.41) is 1.20. The average molecular weight is 531 g/mol. The molecule has 6 nitrogen and oxygen atoms in total. The monoisotopic (exact) mass is 530 g/mol. The molecule has 0 saturated carbocycles. The van der Waals surface area contributed by atoms with Crippen molar-refractivity contribution in [1.82, 2.24) is 9.55 Å². The zero-order valence-electron chi connectivity index (χ0n) is 18.9. The lowest BCUT2D eigenvalue weighted by Crippen LogP contribution is -2.02. The molecule has 0 aliphatic rings. The lowest BCUT2D eigenvalue weighted by molar-refractivity contribution is 0.305. The standard InChI is InChI=1S/C19H16Cl2N2O.C7H8O3S/c1-14(11-23-9-8-22-13-23)17-4-2-3-5-19(17)24-12-15-6-7-16(20)10-18(15)21;1-6-2-4-7(5-3-6)11(8,9)10/h2-10,13H,1,11-12H2;2-5H,1H3,(H,8,9,10). The van der Waals surface area contributed by atoms with Crippen LogP contribution in [0.4, 0.5) is 0 Å². The maximum atomic E-state index is 10.5. The van der Waals surface area contributed by atoms with E-state index in [1.807, 2.05) is 48.0 Å². The minimum atomic E-state index is -4.02. The normalized spacial score (nSPS) is 10.9. The van der Waals surface area contributed by atoms with Gasteiger partial charge in [-0.25, -0.2) is 4.98 Å². The molecule has 1 heterocycles. The second-order valence-electron chi connectivity index (χ2n) is 7.65. The van der Waals surface area contributed by atoms with Crippen LogP contribution in [0.5, 0.6) is 5.75 Å². The van der Waals surface area contributed by atoms with Gasteiger partial charge in [0.15, 0.2) is 0 Å². The SMILES string of the molecule is C=C(Cn1ccnc1)c1ccccc1OCc1ccc(Cl)cc1Cl.Cc1ccc(S(=O)(=O)O)cc1. The molecule has 0 bridgehead atoms. The fourth-order valence-corrected chi connectivity index (χ4v) is 4.02. The average Bonchev–Trinajstić information content (AvgIpc) is 3.32. The minimum absolute atomic E-state index is 0.0666. The lowest BCUT2D eigenvalue weighted by atomic mass is 10.1. The first kappa shape index (κ1) is 26.5. The van der Waals surface area contributed by atoms with Gasteiger partial charge < -0.3 is 9.30 Å². The number of para-hydroxylation sites is 1. The molecular weight excluding hydrogens is 507 g/mol. The summed E-state index contributed by atoms with van der Waals surface area (Å²) in [7, 11) is -4.02. The van der Waals surface area contributed by atoms with Crippen LogP contribution in [0, 0.1) is 6.92 Å². The predicted octanol–water partition coefficient (Wildman–Crippen LogP) is 6.72. The number of nitrogens with zero attached hydrogens (tertiary/aromatic N) is 2. The highest BCUT2D eigenvalue weighted by Gasteiger charge is 2.09. The molecule has 35 heavy (non-hydrogen) atoms. The molecule has 1 aromatic heterocycles. The van der Waals surface area contributed by atoms with Crippen LogP contribution < -0.4 is 4.74 Å². The van der Waals surface area contributed by atoms with Crippen LogP contribution in [-0.4, -0.2) is 22.5 Å². The van der Waals surface area contributed by atoms with E-state index in [2.05, 4.69) is 11.6 Å². The highest BCUT2D eigenvalue weighted by molar-refractivity contribution is 7.85. The number of allylic oxidation sites excluding steroid dienone is 1. The molecule has 0 aliphatic carbocycles. The molecule has 0 aliphatic heterocycles. The Balaban J connectivity index is 0.000000261. The van der Waals surface area contributed by atoms with E-state index in [0.717, 1.165) is 28.0 Å². The highest BCUT2D eigenvalue weighted by Crippen LogP contribution is 2.28. The lowest BCUT2D eigenvalue weighted by Gasteiger charge is -2.14. The molecule has 0 spiro atoms. The molecule has 3 aromatic carbocycles. The quantitative estimate of drug-likeness (QED) is 0.268. The van der Waals surface area contributed by atoms with Gasteiger partial charge in [0.25, 0.3) is 10.1 Å². The van der Waals surface area contributed by atoms with Gasteiger partial charge in [-0.15, -0.1) is 0 Å². The van der Waals surface area contributed by atoms with E-state index in [4.69, 9.17) is 32.5 Å². The molecule has 9 heteroatoms. The maximum Gasteiger partial charge on any atom is 0.294 e. The molecule has 4 aromatic rings. The van der Waals surface area contributed by atoms with Gasteiger partial charge in [-0.2, -0.15) is 8.42 Å². The van der Waals surface area contributed by atoms with Gasteiger partial charge in [-0.05, 0) is 42.8 Å². The Morgan fingerprint density at radius 1 is 1.09 bits per heavy atom. The molecule has 4 rings (SSSR count). The van der Waals surface area contributed by atoms with E-state index >= 15 is 0 Å². The first-order valence-corrected chi connectivity index (χ1v) is 12.7. The summed E-state index contributed by atoms with van der Waals surface area (Å²) in [6.45, 7) is 7.03. The number of benzene rings is 3. The van der Waals surface area contributed by atoms with Gasteiger partial charge in [0, 0.05) is 40.1 Å². The van der Waals surface area contributed by atoms with Crippen LogP contribution in [0.1, 0.15) is 16.7 Å². The second kappa shape index (κ2) is 12.0. The van der Waals surface area contributed by atoms with E-state index in [1.54, 1.807) is 36.8 Å². The largest absolute Gasteiger partial charge is 0.488 e. The van der Waals surface area contributed by atoms with Crippen molar-refractivity contribution in [2.24, 2.45) is 0 Å². The smallest absolute Gasteiger partial charge is 0.294 e. The molecule has 0 fully saturated rings. The summed E-state index contributed by atoms with van der Waals surface area (Å²) in [5.74, 6) is 0.772. The number of hydrogen-bond donors (Lipinski definition) is 1. The molecule has 0 amide bonds. The van der Waals surface area contributed by atoms with Gasteiger partial charge in [-0.1, -0.05) is 71.7 Å². The van der Waals surface area contributed by atoms with Crippen LogP contribution in [0.25, 0.3) is 5.57 Å². The number of aryl methyl sites for hydroxylation is 1. The number of halogens is 2. The molecular formula is C26H24Cl2N2O4S. The van der Waals surface area contributed by atoms with Crippen molar-refractivity contribution in [1.29, 1.82) is 0 Å². The zero-order chi connectivity index (χ0) is 25.4. The third-order valence-corrected chi connectivity index (χ3v) is 6.37. The molecule has 182 valence electrons. The highest BCUT2D eigenvalue weighted by atomic mass is 35.5. The molecule has 0 radical (unpaired) electrons. The third kappa shape index (κ3) is 7.97. The van der Waals surface area contributed by atoms with Crippen molar-refractivity contribution >= 4 is 38.9 Å². The van der Waals surface area contributed by atoms with E-state index in [1.165, 1.54) is 12.1 Å². The van der Waals surface area contributed by atoms with E-state index < -0.39 is 10.1 Å². The van der Waals surface area contributed by atoms with E-state index in [9.17, 15) is 8.42 Å². The summed E-state index contributed by atoms with van der Waals surface area (Å²) in [5.41, 5.74) is 3.76. The topological polar surface area (TPSA) is 81.4 Å². The number of hydrogen-bond acceptors (Lipinski definition) is 4. The summed E-state index contributed by atoms with van der Waals surface area (Å²) < 4.78 is 37.5. The van der Waals surface area contributed by atoms with E-state index in [-0.39, 0.29) is 4.90 Å². The van der Waals surface area contributed by atoms with Crippen molar-refractivity contribution in [3.63, 3.8) is 0 Å². The Labute approximate surface area is 215 Å². The van der Waals surface area contributed by atoms with Crippen LogP contribution in [-0.2, 0) is 23.3 Å². The second-order valence-corrected chi connectivity index (χ2v) is 9.91. The Bertz CT molecular complexity index is 1390. The summed E-state index contributed by atoms with van der Waals surface area (Å²) in [4.78, 5) is 3.98. The Morgan fingerprint density at radius 3 is 2.43 bits per heavy atom. The van der Waals surface area contributed by atoms with Crippen LogP contribution >= 0.6 is 23.2 Å². The first-order chi connectivity index (χ1) is 16.6. The van der Waals surface area contributed by atoms with Gasteiger partial charge in [0.05, 0.1) is 11.2 Å². The number of aromatic nitrogens is 2. The zero-order valence-corrected chi connectivity index (χ0v) is 21.3. The van der Waals surface area contributed by atoms with Crippen molar-refractivity contribution < 1.29 is 17.7 Å². The van der Waals surface area contributed by atoms with Gasteiger partial charge >= 0.3 is 0 Å². The van der Waals surface area contributed by atoms with Gasteiger partial charge in [0.1, 0.15) is 12.4 Å².